The summed E-state index contributed by atoms with van der Waals surface area (Å²) in [6.07, 6.45) is 5.30. The third-order valence-electron chi connectivity index (χ3n) is 3.45. The fourth-order valence-electron chi connectivity index (χ4n) is 1.89. The Balaban J connectivity index is 3.72. The molecule has 0 aromatic heterocycles. The van der Waals surface area contributed by atoms with Gasteiger partial charge in [0.25, 0.3) is 0 Å². The van der Waals surface area contributed by atoms with E-state index in [1.165, 1.54) is 25.7 Å². The summed E-state index contributed by atoms with van der Waals surface area (Å²) in [5.74, 6) is 0.836. The zero-order valence-electron chi connectivity index (χ0n) is 11.9. The monoisotopic (exact) mass is 229 g/mol. The third-order valence-corrected chi connectivity index (χ3v) is 3.45. The molecular formula is C14H31NO. The van der Waals surface area contributed by atoms with Gasteiger partial charge in [0, 0.05) is 20.2 Å². The minimum absolute atomic E-state index is 0.461. The average molecular weight is 229 g/mol. The van der Waals surface area contributed by atoms with E-state index in [0.717, 1.165) is 25.6 Å². The first-order valence-corrected chi connectivity index (χ1v) is 6.73. The molecule has 1 unspecified atom stereocenters. The van der Waals surface area contributed by atoms with Crippen LogP contribution in [0.2, 0.25) is 0 Å². The molecular weight excluding hydrogens is 198 g/mol. The van der Waals surface area contributed by atoms with Crippen LogP contribution in [0, 0.1) is 11.3 Å². The lowest BCUT2D eigenvalue weighted by atomic mass is 9.81. The molecule has 0 saturated carbocycles. The lowest BCUT2D eigenvalue weighted by molar-refractivity contribution is 0.188. The van der Waals surface area contributed by atoms with Crippen LogP contribution in [0.5, 0.6) is 0 Å². The molecule has 0 fully saturated rings. The maximum atomic E-state index is 5.04. The van der Waals surface area contributed by atoms with Gasteiger partial charge >= 0.3 is 0 Å². The zero-order valence-corrected chi connectivity index (χ0v) is 11.9. The van der Waals surface area contributed by atoms with Gasteiger partial charge in [-0.05, 0) is 24.2 Å². The van der Waals surface area contributed by atoms with Gasteiger partial charge in [0.1, 0.15) is 0 Å². The summed E-state index contributed by atoms with van der Waals surface area (Å²) in [6.45, 7) is 12.2. The van der Waals surface area contributed by atoms with Crippen LogP contribution in [0.15, 0.2) is 0 Å². The second kappa shape index (κ2) is 9.00. The predicted molar refractivity (Wildman–Crippen MR) is 71.8 cm³/mol. The highest BCUT2D eigenvalue weighted by Gasteiger charge is 2.20. The van der Waals surface area contributed by atoms with Gasteiger partial charge in [0.05, 0.1) is 6.61 Å². The lowest BCUT2D eigenvalue weighted by Crippen LogP contribution is -2.33. The largest absolute Gasteiger partial charge is 0.383 e. The van der Waals surface area contributed by atoms with E-state index in [4.69, 9.17) is 4.74 Å². The van der Waals surface area contributed by atoms with Crippen LogP contribution in [-0.2, 0) is 4.74 Å². The summed E-state index contributed by atoms with van der Waals surface area (Å²) in [4.78, 5) is 0. The van der Waals surface area contributed by atoms with Crippen molar-refractivity contribution in [2.45, 2.75) is 53.4 Å². The van der Waals surface area contributed by atoms with E-state index in [-0.39, 0.29) is 0 Å². The Kier molecular flexibility index (Phi) is 8.96. The molecule has 0 spiro atoms. The molecule has 2 nitrogen and oxygen atoms in total. The summed E-state index contributed by atoms with van der Waals surface area (Å²) < 4.78 is 5.04. The van der Waals surface area contributed by atoms with Gasteiger partial charge in [-0.2, -0.15) is 0 Å². The van der Waals surface area contributed by atoms with Crippen molar-refractivity contribution in [3.63, 3.8) is 0 Å². The van der Waals surface area contributed by atoms with Crippen molar-refractivity contribution in [3.05, 3.63) is 0 Å². The Labute approximate surface area is 102 Å². The minimum Gasteiger partial charge on any atom is -0.383 e. The molecule has 0 aromatic rings. The summed E-state index contributed by atoms with van der Waals surface area (Å²) in [5, 5.41) is 3.49. The van der Waals surface area contributed by atoms with Crippen LogP contribution in [0.1, 0.15) is 53.4 Å². The van der Waals surface area contributed by atoms with Gasteiger partial charge in [0.2, 0.25) is 0 Å². The molecule has 0 heterocycles. The Bertz CT molecular complexity index is 159. The first-order chi connectivity index (χ1) is 7.54. The van der Waals surface area contributed by atoms with Crippen molar-refractivity contribution in [1.29, 1.82) is 0 Å². The predicted octanol–water partition coefficient (Wildman–Crippen LogP) is 3.47. The zero-order chi connectivity index (χ0) is 12.4. The van der Waals surface area contributed by atoms with Gasteiger partial charge in [-0.1, -0.05) is 40.5 Å². The molecule has 0 aliphatic carbocycles. The van der Waals surface area contributed by atoms with Gasteiger partial charge in [-0.25, -0.2) is 0 Å². The molecule has 0 saturated heterocycles. The maximum Gasteiger partial charge on any atom is 0.0587 e. The second-order valence-corrected chi connectivity index (χ2v) is 5.62. The molecule has 0 aromatic carbocycles. The average Bonchev–Trinajstić information content (AvgIpc) is 2.24. The van der Waals surface area contributed by atoms with E-state index in [2.05, 4.69) is 33.0 Å². The number of hydrogen-bond donors (Lipinski definition) is 1. The number of methoxy groups -OCH3 is 1. The third kappa shape index (κ3) is 8.12. The fourth-order valence-corrected chi connectivity index (χ4v) is 1.89. The van der Waals surface area contributed by atoms with Crippen molar-refractivity contribution in [2.75, 3.05) is 26.8 Å². The van der Waals surface area contributed by atoms with Crippen molar-refractivity contribution >= 4 is 0 Å². The molecule has 98 valence electrons. The highest BCUT2D eigenvalue weighted by molar-refractivity contribution is 4.75. The topological polar surface area (TPSA) is 21.3 Å². The summed E-state index contributed by atoms with van der Waals surface area (Å²) >= 11 is 0. The number of rotatable bonds is 10. The molecule has 0 amide bonds. The molecule has 0 aliphatic rings. The standard InChI is InChI=1S/C14H31NO/c1-6-14(4,9-7-8-13(2)3)12-15-10-11-16-5/h13,15H,6-12H2,1-5H3. The van der Waals surface area contributed by atoms with E-state index in [9.17, 15) is 0 Å². The van der Waals surface area contributed by atoms with Crippen LogP contribution in [0.25, 0.3) is 0 Å². The molecule has 1 N–H and O–H groups in total. The lowest BCUT2D eigenvalue weighted by Gasteiger charge is -2.29. The van der Waals surface area contributed by atoms with Crippen molar-refractivity contribution in [1.82, 2.24) is 5.32 Å². The Morgan fingerprint density at radius 2 is 2.00 bits per heavy atom. The van der Waals surface area contributed by atoms with Crippen LogP contribution in [-0.4, -0.2) is 26.8 Å². The molecule has 0 radical (unpaired) electrons. The summed E-state index contributed by atoms with van der Waals surface area (Å²) in [5.41, 5.74) is 0.461. The number of nitrogens with one attached hydrogen (secondary N) is 1. The Morgan fingerprint density at radius 1 is 1.31 bits per heavy atom. The number of ether oxygens (including phenoxy) is 1. The molecule has 16 heavy (non-hydrogen) atoms. The summed E-state index contributed by atoms with van der Waals surface area (Å²) in [7, 11) is 1.75. The van der Waals surface area contributed by atoms with Gasteiger partial charge in [-0.3, -0.25) is 0 Å². The molecule has 0 rings (SSSR count). The van der Waals surface area contributed by atoms with E-state index >= 15 is 0 Å². The Morgan fingerprint density at radius 3 is 2.50 bits per heavy atom. The normalized spacial score (nSPS) is 15.4. The highest BCUT2D eigenvalue weighted by atomic mass is 16.5. The van der Waals surface area contributed by atoms with E-state index in [1.807, 2.05) is 0 Å². The van der Waals surface area contributed by atoms with Gasteiger partial charge in [-0.15, -0.1) is 0 Å². The molecule has 1 atom stereocenters. The van der Waals surface area contributed by atoms with Crippen LogP contribution in [0.3, 0.4) is 0 Å². The quantitative estimate of drug-likeness (QED) is 0.579. The van der Waals surface area contributed by atoms with Crippen LogP contribution in [0.4, 0.5) is 0 Å². The molecule has 0 bridgehead atoms. The first-order valence-electron chi connectivity index (χ1n) is 6.73. The summed E-state index contributed by atoms with van der Waals surface area (Å²) in [6, 6.07) is 0. The van der Waals surface area contributed by atoms with Crippen molar-refractivity contribution in [3.8, 4) is 0 Å². The molecule has 2 heteroatoms. The smallest absolute Gasteiger partial charge is 0.0587 e. The minimum atomic E-state index is 0.461. The highest BCUT2D eigenvalue weighted by Crippen LogP contribution is 2.28. The van der Waals surface area contributed by atoms with Crippen LogP contribution >= 0.6 is 0 Å². The maximum absolute atomic E-state index is 5.04. The van der Waals surface area contributed by atoms with Crippen molar-refractivity contribution < 1.29 is 4.74 Å². The van der Waals surface area contributed by atoms with Crippen molar-refractivity contribution in [2.24, 2.45) is 11.3 Å². The Hall–Kier alpha value is -0.0800. The van der Waals surface area contributed by atoms with E-state index in [0.29, 0.717) is 5.41 Å². The SMILES string of the molecule is CCC(C)(CCCC(C)C)CNCCOC. The van der Waals surface area contributed by atoms with Gasteiger partial charge in [0.15, 0.2) is 0 Å². The number of hydrogen-bond acceptors (Lipinski definition) is 2. The fraction of sp³-hybridized carbons (Fsp3) is 1.00. The first kappa shape index (κ1) is 15.9. The van der Waals surface area contributed by atoms with E-state index in [1.54, 1.807) is 7.11 Å². The van der Waals surface area contributed by atoms with Gasteiger partial charge < -0.3 is 10.1 Å². The van der Waals surface area contributed by atoms with E-state index < -0.39 is 0 Å². The van der Waals surface area contributed by atoms with Crippen LogP contribution < -0.4 is 5.32 Å². The molecule has 0 aliphatic heterocycles. The second-order valence-electron chi connectivity index (χ2n) is 5.62.